The molecule has 1 saturated heterocycles. The molecule has 4 rings (SSSR count). The third-order valence-electron chi connectivity index (χ3n) is 5.17. The second kappa shape index (κ2) is 8.44. The van der Waals surface area contributed by atoms with Gasteiger partial charge in [-0.2, -0.15) is 0 Å². The maximum atomic E-state index is 12.3. The van der Waals surface area contributed by atoms with Crippen LogP contribution in [0.3, 0.4) is 0 Å². The van der Waals surface area contributed by atoms with Gasteiger partial charge in [0, 0.05) is 6.54 Å². The van der Waals surface area contributed by atoms with Gasteiger partial charge in [0.25, 0.3) is 0 Å². The largest absolute Gasteiger partial charge is 0.486 e. The number of carbonyl (C=O) groups is 1. The van der Waals surface area contributed by atoms with Crippen LogP contribution in [-0.2, 0) is 16.1 Å². The van der Waals surface area contributed by atoms with E-state index in [9.17, 15) is 4.79 Å². The molecule has 0 radical (unpaired) electrons. The Morgan fingerprint density at radius 2 is 1.70 bits per heavy atom. The minimum absolute atomic E-state index is 0.00536. The number of likely N-dealkylation sites (tertiary alicyclic amines) is 1. The summed E-state index contributed by atoms with van der Waals surface area (Å²) in [6.45, 7) is 3.50. The molecule has 5 heteroatoms. The summed E-state index contributed by atoms with van der Waals surface area (Å²) in [5, 5.41) is 0. The molecule has 27 heavy (non-hydrogen) atoms. The lowest BCUT2D eigenvalue weighted by molar-refractivity contribution is -0.151. The monoisotopic (exact) mass is 367 g/mol. The summed E-state index contributed by atoms with van der Waals surface area (Å²) in [6, 6.07) is 17.6. The number of carbonyl (C=O) groups excluding carboxylic acids is 1. The first kappa shape index (κ1) is 17.9. The highest BCUT2D eigenvalue weighted by Crippen LogP contribution is 2.31. The minimum Gasteiger partial charge on any atom is -0.486 e. The summed E-state index contributed by atoms with van der Waals surface area (Å²) in [4.78, 5) is 14.7. The van der Waals surface area contributed by atoms with E-state index < -0.39 is 0 Å². The van der Waals surface area contributed by atoms with E-state index >= 15 is 0 Å². The quantitative estimate of drug-likeness (QED) is 0.759. The molecule has 142 valence electrons. The summed E-state index contributed by atoms with van der Waals surface area (Å²) in [6.07, 6.45) is 1.69. The van der Waals surface area contributed by atoms with Crippen molar-refractivity contribution >= 4 is 5.97 Å². The van der Waals surface area contributed by atoms with E-state index in [-0.39, 0.29) is 18.0 Å². The van der Waals surface area contributed by atoms with Crippen LogP contribution in [0, 0.1) is 5.92 Å². The smallest absolute Gasteiger partial charge is 0.309 e. The Labute approximate surface area is 159 Å². The van der Waals surface area contributed by atoms with Crippen LogP contribution >= 0.6 is 0 Å². The highest BCUT2D eigenvalue weighted by Gasteiger charge is 2.29. The molecule has 1 atom stereocenters. The van der Waals surface area contributed by atoms with Crippen molar-refractivity contribution in [3.63, 3.8) is 0 Å². The van der Waals surface area contributed by atoms with Gasteiger partial charge >= 0.3 is 5.97 Å². The molecule has 0 aromatic heterocycles. The molecule has 0 saturated carbocycles. The Kier molecular flexibility index (Phi) is 5.58. The predicted molar refractivity (Wildman–Crippen MR) is 102 cm³/mol. The van der Waals surface area contributed by atoms with Gasteiger partial charge in [0.05, 0.1) is 5.92 Å². The van der Waals surface area contributed by atoms with Crippen LogP contribution < -0.4 is 9.47 Å². The number of hydrogen-bond donors (Lipinski definition) is 0. The zero-order valence-electron chi connectivity index (χ0n) is 15.4. The zero-order chi connectivity index (χ0) is 18.5. The average molecular weight is 367 g/mol. The SMILES string of the molecule is O=C(OCc1ccccc1)C1CCN(CC2COc3ccccc3O2)CC1. The second-order valence-electron chi connectivity index (χ2n) is 7.17. The number of rotatable bonds is 5. The first-order chi connectivity index (χ1) is 13.3. The Hall–Kier alpha value is -2.53. The van der Waals surface area contributed by atoms with Gasteiger partial charge in [-0.25, -0.2) is 0 Å². The van der Waals surface area contributed by atoms with Crippen LogP contribution in [0.2, 0.25) is 0 Å². The van der Waals surface area contributed by atoms with Gasteiger partial charge in [-0.15, -0.1) is 0 Å². The molecular weight excluding hydrogens is 342 g/mol. The zero-order valence-corrected chi connectivity index (χ0v) is 15.4. The predicted octanol–water partition coefficient (Wildman–Crippen LogP) is 3.28. The van der Waals surface area contributed by atoms with Crippen LogP contribution in [0.5, 0.6) is 11.5 Å². The normalized spacial score (nSPS) is 20.2. The van der Waals surface area contributed by atoms with E-state index in [4.69, 9.17) is 14.2 Å². The van der Waals surface area contributed by atoms with Gasteiger partial charge in [0.2, 0.25) is 0 Å². The molecule has 0 amide bonds. The maximum absolute atomic E-state index is 12.3. The van der Waals surface area contributed by atoms with Gasteiger partial charge in [0.1, 0.15) is 19.3 Å². The highest BCUT2D eigenvalue weighted by molar-refractivity contribution is 5.72. The van der Waals surface area contributed by atoms with Crippen molar-refractivity contribution in [1.82, 2.24) is 4.90 Å². The topological polar surface area (TPSA) is 48.0 Å². The number of ether oxygens (including phenoxy) is 3. The van der Waals surface area contributed by atoms with Gasteiger partial charge in [-0.05, 0) is 43.6 Å². The van der Waals surface area contributed by atoms with Gasteiger partial charge in [-0.1, -0.05) is 42.5 Å². The van der Waals surface area contributed by atoms with E-state index in [1.165, 1.54) is 0 Å². The number of nitrogens with zero attached hydrogens (tertiary/aromatic N) is 1. The number of esters is 1. The first-order valence-electron chi connectivity index (χ1n) is 9.59. The number of hydrogen-bond acceptors (Lipinski definition) is 5. The van der Waals surface area contributed by atoms with Crippen LogP contribution in [0.15, 0.2) is 54.6 Å². The van der Waals surface area contributed by atoms with Gasteiger partial charge in [-0.3, -0.25) is 9.69 Å². The Bertz CT molecular complexity index is 756. The van der Waals surface area contributed by atoms with Crippen molar-refractivity contribution in [2.75, 3.05) is 26.2 Å². The molecule has 2 aromatic rings. The van der Waals surface area contributed by atoms with Gasteiger partial charge < -0.3 is 14.2 Å². The molecule has 0 N–H and O–H groups in total. The third kappa shape index (κ3) is 4.61. The van der Waals surface area contributed by atoms with E-state index in [1.54, 1.807) is 0 Å². The highest BCUT2D eigenvalue weighted by atomic mass is 16.6. The summed E-state index contributed by atoms with van der Waals surface area (Å²) < 4.78 is 17.3. The fraction of sp³-hybridized carbons (Fsp3) is 0.409. The fourth-order valence-corrected chi connectivity index (χ4v) is 3.64. The summed E-state index contributed by atoms with van der Waals surface area (Å²) in [5.74, 6) is 1.54. The fourth-order valence-electron chi connectivity index (χ4n) is 3.64. The Morgan fingerprint density at radius 1 is 1.00 bits per heavy atom. The second-order valence-corrected chi connectivity index (χ2v) is 7.17. The van der Waals surface area contributed by atoms with Crippen molar-refractivity contribution in [3.8, 4) is 11.5 Å². The minimum atomic E-state index is -0.0790. The lowest BCUT2D eigenvalue weighted by Gasteiger charge is -2.35. The van der Waals surface area contributed by atoms with E-state index in [1.807, 2.05) is 54.6 Å². The number of fused-ring (bicyclic) bond motifs is 1. The van der Waals surface area contributed by atoms with E-state index in [0.717, 1.165) is 49.5 Å². The lowest BCUT2D eigenvalue weighted by atomic mass is 9.97. The third-order valence-corrected chi connectivity index (χ3v) is 5.17. The molecule has 2 aliphatic heterocycles. The van der Waals surface area contributed by atoms with Crippen molar-refractivity contribution < 1.29 is 19.0 Å². The van der Waals surface area contributed by atoms with Crippen molar-refractivity contribution in [2.24, 2.45) is 5.92 Å². The number of para-hydroxylation sites is 2. The van der Waals surface area contributed by atoms with Gasteiger partial charge in [0.15, 0.2) is 11.5 Å². The van der Waals surface area contributed by atoms with Crippen molar-refractivity contribution in [2.45, 2.75) is 25.6 Å². The molecule has 0 bridgehead atoms. The first-order valence-corrected chi connectivity index (χ1v) is 9.59. The molecule has 2 aromatic carbocycles. The molecule has 2 heterocycles. The van der Waals surface area contributed by atoms with Crippen LogP contribution in [0.1, 0.15) is 18.4 Å². The lowest BCUT2D eigenvalue weighted by Crippen LogP contribution is -2.45. The van der Waals surface area contributed by atoms with Crippen molar-refractivity contribution in [3.05, 3.63) is 60.2 Å². The summed E-state index contributed by atoms with van der Waals surface area (Å²) in [7, 11) is 0. The summed E-state index contributed by atoms with van der Waals surface area (Å²) in [5.41, 5.74) is 1.03. The molecule has 0 aliphatic carbocycles. The Balaban J connectivity index is 1.21. The average Bonchev–Trinajstić information content (AvgIpc) is 2.73. The number of piperidine rings is 1. The molecular formula is C22H25NO4. The van der Waals surface area contributed by atoms with Crippen LogP contribution in [0.4, 0.5) is 0 Å². The molecule has 5 nitrogen and oxygen atoms in total. The molecule has 1 fully saturated rings. The van der Waals surface area contributed by atoms with Crippen molar-refractivity contribution in [1.29, 1.82) is 0 Å². The number of benzene rings is 2. The standard InChI is InChI=1S/C22H25NO4/c24-22(26-15-17-6-2-1-3-7-17)18-10-12-23(13-11-18)14-19-16-25-20-8-4-5-9-21(20)27-19/h1-9,18-19H,10-16H2. The van der Waals surface area contributed by atoms with Crippen LogP contribution in [-0.4, -0.2) is 43.2 Å². The molecule has 2 aliphatic rings. The van der Waals surface area contributed by atoms with Crippen LogP contribution in [0.25, 0.3) is 0 Å². The molecule has 0 spiro atoms. The van der Waals surface area contributed by atoms with E-state index in [0.29, 0.717) is 13.2 Å². The Morgan fingerprint density at radius 3 is 2.48 bits per heavy atom. The summed E-state index contributed by atoms with van der Waals surface area (Å²) >= 11 is 0. The molecule has 1 unspecified atom stereocenters. The van der Waals surface area contributed by atoms with E-state index in [2.05, 4.69) is 4.90 Å². The maximum Gasteiger partial charge on any atom is 0.309 e.